The number of benzene rings is 3. The highest BCUT2D eigenvalue weighted by Gasteiger charge is 2.22. The molecule has 1 unspecified atom stereocenters. The number of hydrogen-bond donors (Lipinski definition) is 1. The summed E-state index contributed by atoms with van der Waals surface area (Å²) in [6.45, 7) is 4.82. The molecule has 0 saturated heterocycles. The first-order valence-electron chi connectivity index (χ1n) is 9.16. The van der Waals surface area contributed by atoms with Gasteiger partial charge in [0.25, 0.3) is 0 Å². The number of aryl methyl sites for hydroxylation is 1. The lowest BCUT2D eigenvalue weighted by molar-refractivity contribution is 0.238. The van der Waals surface area contributed by atoms with Gasteiger partial charge in [-0.15, -0.1) is 0 Å². The first kappa shape index (κ1) is 16.5. The minimum Gasteiger partial charge on any atom is -0.494 e. The van der Waals surface area contributed by atoms with Gasteiger partial charge in [0, 0.05) is 22.4 Å². The fourth-order valence-corrected chi connectivity index (χ4v) is 3.31. The fourth-order valence-electron chi connectivity index (χ4n) is 3.31. The van der Waals surface area contributed by atoms with Gasteiger partial charge in [0.2, 0.25) is 0 Å². The first-order valence-corrected chi connectivity index (χ1v) is 9.16. The summed E-state index contributed by atoms with van der Waals surface area (Å²) in [5.74, 6) is 1.79. The number of anilines is 1. The Bertz CT molecular complexity index is 902. The summed E-state index contributed by atoms with van der Waals surface area (Å²) >= 11 is 0. The molecule has 0 bridgehead atoms. The minimum atomic E-state index is -0.250. The summed E-state index contributed by atoms with van der Waals surface area (Å²) in [6, 6.07) is 22.9. The Hall–Kier alpha value is -2.94. The maximum atomic E-state index is 6.42. The Balaban J connectivity index is 1.76. The molecular weight excluding hydrogens is 322 g/mol. The van der Waals surface area contributed by atoms with Crippen LogP contribution in [0.3, 0.4) is 0 Å². The van der Waals surface area contributed by atoms with E-state index in [9.17, 15) is 0 Å². The van der Waals surface area contributed by atoms with E-state index in [1.807, 2.05) is 25.1 Å². The van der Waals surface area contributed by atoms with E-state index in [-0.39, 0.29) is 6.23 Å². The summed E-state index contributed by atoms with van der Waals surface area (Å²) in [5, 5.41) is 3.55. The molecule has 0 amide bonds. The molecule has 26 heavy (non-hydrogen) atoms. The van der Waals surface area contributed by atoms with Gasteiger partial charge in [0.1, 0.15) is 11.5 Å². The standard InChI is InChI=1S/C23H23NO2/c1-3-16-9-14-20-19-7-5-6-8-21(19)24-23(26-22(20)15-16)17-10-12-18(13-11-17)25-4-2/h5-15,23-24H,3-4H2,1-2H3. The lowest BCUT2D eigenvalue weighted by Gasteiger charge is -2.20. The molecule has 1 N–H and O–H groups in total. The third-order valence-electron chi connectivity index (χ3n) is 4.70. The summed E-state index contributed by atoms with van der Waals surface area (Å²) in [5.41, 5.74) is 5.71. The first-order chi connectivity index (χ1) is 12.8. The van der Waals surface area contributed by atoms with Gasteiger partial charge in [-0.2, -0.15) is 0 Å². The predicted molar refractivity (Wildman–Crippen MR) is 106 cm³/mol. The van der Waals surface area contributed by atoms with Gasteiger partial charge in [0.15, 0.2) is 6.23 Å². The Morgan fingerprint density at radius 3 is 2.50 bits per heavy atom. The Kier molecular flexibility index (Phi) is 4.53. The number of rotatable bonds is 4. The van der Waals surface area contributed by atoms with Gasteiger partial charge >= 0.3 is 0 Å². The van der Waals surface area contributed by atoms with Gasteiger partial charge in [-0.3, -0.25) is 0 Å². The van der Waals surface area contributed by atoms with Crippen LogP contribution in [0, 0.1) is 0 Å². The van der Waals surface area contributed by atoms with Crippen molar-refractivity contribution >= 4 is 5.69 Å². The van der Waals surface area contributed by atoms with Crippen molar-refractivity contribution in [2.75, 3.05) is 11.9 Å². The molecule has 3 nitrogen and oxygen atoms in total. The van der Waals surface area contributed by atoms with E-state index in [2.05, 4.69) is 60.8 Å². The van der Waals surface area contributed by atoms with Crippen molar-refractivity contribution in [2.45, 2.75) is 26.5 Å². The summed E-state index contributed by atoms with van der Waals surface area (Å²) in [6.07, 6.45) is 0.736. The maximum absolute atomic E-state index is 6.42. The van der Waals surface area contributed by atoms with Crippen molar-refractivity contribution < 1.29 is 9.47 Å². The Labute approximate surface area is 154 Å². The van der Waals surface area contributed by atoms with E-state index in [1.165, 1.54) is 11.1 Å². The van der Waals surface area contributed by atoms with Crippen LogP contribution >= 0.6 is 0 Å². The normalized spacial score (nSPS) is 15.1. The molecule has 132 valence electrons. The number of para-hydroxylation sites is 1. The molecule has 0 aliphatic carbocycles. The maximum Gasteiger partial charge on any atom is 0.196 e. The van der Waals surface area contributed by atoms with E-state index in [4.69, 9.17) is 9.47 Å². The average Bonchev–Trinajstić information content (AvgIpc) is 2.85. The van der Waals surface area contributed by atoms with Crippen molar-refractivity contribution in [1.29, 1.82) is 0 Å². The lowest BCUT2D eigenvalue weighted by atomic mass is 10.0. The summed E-state index contributed by atoms with van der Waals surface area (Å²) in [7, 11) is 0. The van der Waals surface area contributed by atoms with Crippen LogP contribution in [0.2, 0.25) is 0 Å². The van der Waals surface area contributed by atoms with Gasteiger partial charge in [0.05, 0.1) is 6.61 Å². The molecule has 1 aliphatic heterocycles. The largest absolute Gasteiger partial charge is 0.494 e. The van der Waals surface area contributed by atoms with Gasteiger partial charge in [-0.1, -0.05) is 37.3 Å². The van der Waals surface area contributed by atoms with E-state index in [1.54, 1.807) is 0 Å². The fraction of sp³-hybridized carbons (Fsp3) is 0.217. The summed E-state index contributed by atoms with van der Waals surface area (Å²) < 4.78 is 12.0. The molecule has 0 aromatic heterocycles. The van der Waals surface area contributed by atoms with Gasteiger partial charge in [-0.05, 0) is 55.3 Å². The summed E-state index contributed by atoms with van der Waals surface area (Å²) in [4.78, 5) is 0. The third kappa shape index (κ3) is 3.13. The molecule has 0 saturated carbocycles. The number of nitrogens with one attached hydrogen (secondary N) is 1. The molecular formula is C23H23NO2. The smallest absolute Gasteiger partial charge is 0.196 e. The highest BCUT2D eigenvalue weighted by atomic mass is 16.5. The lowest BCUT2D eigenvalue weighted by Crippen LogP contribution is -2.16. The van der Waals surface area contributed by atoms with Crippen LogP contribution in [0.5, 0.6) is 11.5 Å². The zero-order valence-electron chi connectivity index (χ0n) is 15.2. The minimum absolute atomic E-state index is 0.250. The molecule has 3 aromatic carbocycles. The highest BCUT2D eigenvalue weighted by Crippen LogP contribution is 2.42. The molecule has 0 fully saturated rings. The topological polar surface area (TPSA) is 30.5 Å². The van der Waals surface area contributed by atoms with Crippen LogP contribution in [0.1, 0.15) is 31.2 Å². The van der Waals surface area contributed by atoms with Crippen LogP contribution in [-0.4, -0.2) is 6.61 Å². The zero-order chi connectivity index (χ0) is 17.9. The molecule has 1 aliphatic rings. The van der Waals surface area contributed by atoms with Crippen molar-refractivity contribution in [2.24, 2.45) is 0 Å². The second-order valence-corrected chi connectivity index (χ2v) is 6.37. The van der Waals surface area contributed by atoms with E-state index in [0.29, 0.717) is 6.61 Å². The van der Waals surface area contributed by atoms with Crippen molar-refractivity contribution in [3.05, 3.63) is 77.9 Å². The van der Waals surface area contributed by atoms with Crippen LogP contribution < -0.4 is 14.8 Å². The van der Waals surface area contributed by atoms with E-state index >= 15 is 0 Å². The highest BCUT2D eigenvalue weighted by molar-refractivity contribution is 5.83. The average molecular weight is 345 g/mol. The molecule has 1 atom stereocenters. The quantitative estimate of drug-likeness (QED) is 0.646. The predicted octanol–water partition coefficient (Wildman–Crippen LogP) is 5.82. The molecule has 0 spiro atoms. The molecule has 3 aromatic rings. The van der Waals surface area contributed by atoms with Crippen molar-refractivity contribution in [1.82, 2.24) is 0 Å². The van der Waals surface area contributed by atoms with Crippen molar-refractivity contribution in [3.63, 3.8) is 0 Å². The van der Waals surface area contributed by atoms with E-state index in [0.717, 1.165) is 34.7 Å². The third-order valence-corrected chi connectivity index (χ3v) is 4.70. The van der Waals surface area contributed by atoms with Crippen LogP contribution in [-0.2, 0) is 6.42 Å². The molecule has 1 heterocycles. The van der Waals surface area contributed by atoms with Crippen LogP contribution in [0.4, 0.5) is 5.69 Å². The second kappa shape index (κ2) is 7.12. The number of ether oxygens (including phenoxy) is 2. The molecule has 4 rings (SSSR count). The Morgan fingerprint density at radius 2 is 1.73 bits per heavy atom. The van der Waals surface area contributed by atoms with Gasteiger partial charge in [-0.25, -0.2) is 0 Å². The second-order valence-electron chi connectivity index (χ2n) is 6.37. The number of hydrogen-bond acceptors (Lipinski definition) is 3. The Morgan fingerprint density at radius 1 is 0.923 bits per heavy atom. The molecule has 3 heteroatoms. The monoisotopic (exact) mass is 345 g/mol. The van der Waals surface area contributed by atoms with E-state index < -0.39 is 0 Å². The van der Waals surface area contributed by atoms with Crippen LogP contribution in [0.25, 0.3) is 11.1 Å². The molecule has 0 radical (unpaired) electrons. The van der Waals surface area contributed by atoms with Crippen molar-refractivity contribution in [3.8, 4) is 22.6 Å². The zero-order valence-corrected chi connectivity index (χ0v) is 15.2. The SMILES string of the molecule is CCOc1ccc(C2Nc3ccccc3-c3ccc(CC)cc3O2)cc1. The van der Waals surface area contributed by atoms with Crippen LogP contribution in [0.15, 0.2) is 66.7 Å². The number of fused-ring (bicyclic) bond motifs is 3. The van der Waals surface area contributed by atoms with Gasteiger partial charge < -0.3 is 14.8 Å².